The van der Waals surface area contributed by atoms with Gasteiger partial charge in [-0.1, -0.05) is 44.4 Å². The van der Waals surface area contributed by atoms with E-state index in [4.69, 9.17) is 0 Å². The van der Waals surface area contributed by atoms with E-state index in [1.54, 1.807) is 5.57 Å². The first kappa shape index (κ1) is 24.7. The van der Waals surface area contributed by atoms with Crippen molar-refractivity contribution in [2.75, 3.05) is 0 Å². The molecule has 0 aromatic rings. The molecule has 1 unspecified atom stereocenters. The molecule has 4 aliphatic carbocycles. The van der Waals surface area contributed by atoms with Gasteiger partial charge in [0, 0.05) is 6.42 Å². The van der Waals surface area contributed by atoms with E-state index in [1.807, 2.05) is 19.9 Å². The second-order valence-corrected chi connectivity index (χ2v) is 11.5. The number of ketones is 1. The fourth-order valence-corrected chi connectivity index (χ4v) is 8.19. The van der Waals surface area contributed by atoms with Crippen LogP contribution in [0.4, 0.5) is 0 Å². The van der Waals surface area contributed by atoms with Crippen LogP contribution in [0, 0.1) is 46.8 Å². The average molecular weight is 421 g/mol. The Morgan fingerprint density at radius 3 is 2.73 bits per heavy atom. The monoisotopic (exact) mass is 420 g/mol. The van der Waals surface area contributed by atoms with Gasteiger partial charge in [0.15, 0.2) is 5.78 Å². The van der Waals surface area contributed by atoms with Gasteiger partial charge in [-0.2, -0.15) is 12.8 Å². The van der Waals surface area contributed by atoms with Crippen LogP contribution >= 0.6 is 0 Å². The number of carbonyl (C=O) groups excluding carboxylic acids is 1. The summed E-state index contributed by atoms with van der Waals surface area (Å²) in [7, 11) is 0. The smallest absolute Gasteiger partial charge is 0.393 e. The SMILES string of the molecule is CC(C)=CC(=O)C[C@@H](C)[C@H]1CC[C@H]2[C@@H]3C[C@H](O)C4C[CH-]CC[C@]4(C)C3=CC[C@]12C.[Na+]. The Labute approximate surface area is 206 Å². The number of carbonyl (C=O) groups is 1. The van der Waals surface area contributed by atoms with Gasteiger partial charge in [-0.15, -0.1) is 0 Å². The van der Waals surface area contributed by atoms with Gasteiger partial charge >= 0.3 is 29.6 Å². The number of allylic oxidation sites excluding steroid dienone is 4. The molecule has 4 rings (SSSR count). The molecule has 3 fully saturated rings. The summed E-state index contributed by atoms with van der Waals surface area (Å²) >= 11 is 0. The summed E-state index contributed by atoms with van der Waals surface area (Å²) in [5.74, 6) is 2.98. The van der Waals surface area contributed by atoms with E-state index >= 15 is 0 Å². The van der Waals surface area contributed by atoms with Crippen molar-refractivity contribution in [1.82, 2.24) is 0 Å². The maximum absolute atomic E-state index is 12.4. The number of hydrogen-bond donors (Lipinski definition) is 1. The first-order valence-electron chi connectivity index (χ1n) is 12.0. The van der Waals surface area contributed by atoms with E-state index in [0.29, 0.717) is 41.8 Å². The fraction of sp³-hybridized carbons (Fsp3) is 0.778. The second-order valence-electron chi connectivity index (χ2n) is 11.5. The first-order valence-corrected chi connectivity index (χ1v) is 12.0. The van der Waals surface area contributed by atoms with E-state index in [1.165, 1.54) is 25.7 Å². The molecule has 0 aromatic heterocycles. The van der Waals surface area contributed by atoms with Crippen LogP contribution < -0.4 is 29.6 Å². The minimum absolute atomic E-state index is 0. The quantitative estimate of drug-likeness (QED) is 0.328. The van der Waals surface area contributed by atoms with Gasteiger partial charge < -0.3 is 11.5 Å². The third-order valence-electron chi connectivity index (χ3n) is 9.52. The number of fused-ring (bicyclic) bond motifs is 5. The van der Waals surface area contributed by atoms with Gasteiger partial charge in [0.05, 0.1) is 6.10 Å². The van der Waals surface area contributed by atoms with Gasteiger partial charge in [0.2, 0.25) is 0 Å². The number of hydrogen-bond acceptors (Lipinski definition) is 2. The molecule has 0 amide bonds. The molecule has 8 atom stereocenters. The molecule has 0 aliphatic heterocycles. The Kier molecular flexibility index (Phi) is 7.56. The molecular formula is C27H41NaO2. The van der Waals surface area contributed by atoms with E-state index in [-0.39, 0.29) is 46.5 Å². The minimum Gasteiger partial charge on any atom is -0.393 e. The zero-order valence-electron chi connectivity index (χ0n) is 20.2. The van der Waals surface area contributed by atoms with E-state index < -0.39 is 0 Å². The number of aliphatic hydroxyl groups excluding tert-OH is 1. The molecule has 162 valence electrons. The van der Waals surface area contributed by atoms with E-state index in [2.05, 4.69) is 33.3 Å². The van der Waals surface area contributed by atoms with Crippen LogP contribution in [-0.4, -0.2) is 17.0 Å². The Balaban J connectivity index is 0.00000256. The predicted molar refractivity (Wildman–Crippen MR) is 119 cm³/mol. The molecule has 3 heteroatoms. The molecular weight excluding hydrogens is 379 g/mol. The Morgan fingerprint density at radius 1 is 1.30 bits per heavy atom. The van der Waals surface area contributed by atoms with Crippen molar-refractivity contribution in [1.29, 1.82) is 0 Å². The summed E-state index contributed by atoms with van der Waals surface area (Å²) in [4.78, 5) is 12.4. The summed E-state index contributed by atoms with van der Waals surface area (Å²) < 4.78 is 0. The van der Waals surface area contributed by atoms with Crippen LogP contribution in [0.25, 0.3) is 0 Å². The van der Waals surface area contributed by atoms with Gasteiger partial charge in [-0.05, 0) is 86.0 Å². The van der Waals surface area contributed by atoms with E-state index in [9.17, 15) is 9.90 Å². The average Bonchev–Trinajstić information content (AvgIpc) is 2.98. The maximum Gasteiger partial charge on any atom is 1.00 e. The molecule has 3 saturated carbocycles. The molecule has 0 bridgehead atoms. The summed E-state index contributed by atoms with van der Waals surface area (Å²) in [5.41, 5.74) is 3.27. The molecule has 0 radical (unpaired) electrons. The predicted octanol–water partition coefficient (Wildman–Crippen LogP) is 3.31. The first-order chi connectivity index (χ1) is 13.7. The zero-order valence-corrected chi connectivity index (χ0v) is 22.2. The van der Waals surface area contributed by atoms with Gasteiger partial charge in [0.1, 0.15) is 0 Å². The van der Waals surface area contributed by atoms with Crippen molar-refractivity contribution in [3.05, 3.63) is 29.7 Å². The third kappa shape index (κ3) is 4.09. The van der Waals surface area contributed by atoms with Gasteiger partial charge in [-0.3, -0.25) is 4.79 Å². The number of aliphatic hydroxyl groups is 1. The summed E-state index contributed by atoms with van der Waals surface area (Å²) in [6, 6.07) is 0. The Morgan fingerprint density at radius 2 is 2.03 bits per heavy atom. The van der Waals surface area contributed by atoms with Crippen LogP contribution in [0.2, 0.25) is 0 Å². The van der Waals surface area contributed by atoms with Crippen molar-refractivity contribution in [3.63, 3.8) is 0 Å². The standard InChI is InChI=1S/C27H41O2.Na/c1-17(2)14-19(28)15-18(3)21-9-10-22-20-16-25(29)24-8-6-7-12-26(24,4)23(20)11-13-27(21,22)5;/h6,11,14,18,20-22,24-25,29H,7-10,12-13,15-16H2,1-5H3;/q-1;+1/t18-,20+,21-,22+,24?,25+,26-,27-;/m1./s1. The molecule has 0 spiro atoms. The summed E-state index contributed by atoms with van der Waals surface area (Å²) in [5, 5.41) is 11.1. The van der Waals surface area contributed by atoms with Crippen molar-refractivity contribution in [2.24, 2.45) is 40.4 Å². The van der Waals surface area contributed by atoms with Crippen molar-refractivity contribution < 1.29 is 39.5 Å². The van der Waals surface area contributed by atoms with Crippen LogP contribution in [0.3, 0.4) is 0 Å². The molecule has 2 nitrogen and oxygen atoms in total. The summed E-state index contributed by atoms with van der Waals surface area (Å²) in [6.45, 7) is 11.3. The normalized spacial score (nSPS) is 43.3. The molecule has 0 heterocycles. The fourth-order valence-electron chi connectivity index (χ4n) is 8.19. The van der Waals surface area contributed by atoms with Crippen LogP contribution in [0.15, 0.2) is 23.3 Å². The minimum atomic E-state index is -0.156. The topological polar surface area (TPSA) is 37.3 Å². The molecule has 1 N–H and O–H groups in total. The molecule has 0 saturated heterocycles. The maximum atomic E-state index is 12.4. The van der Waals surface area contributed by atoms with Gasteiger partial charge in [0.25, 0.3) is 0 Å². The largest absolute Gasteiger partial charge is 1.00 e. The third-order valence-corrected chi connectivity index (χ3v) is 9.52. The molecule has 30 heavy (non-hydrogen) atoms. The molecule has 0 aromatic carbocycles. The Hall–Kier alpha value is 0.110. The van der Waals surface area contributed by atoms with Crippen LogP contribution in [0.1, 0.15) is 86.0 Å². The van der Waals surface area contributed by atoms with Crippen molar-refractivity contribution in [3.8, 4) is 0 Å². The Bertz CT molecular complexity index is 720. The van der Waals surface area contributed by atoms with E-state index in [0.717, 1.165) is 24.8 Å². The number of rotatable bonds is 4. The zero-order chi connectivity index (χ0) is 21.0. The van der Waals surface area contributed by atoms with Crippen molar-refractivity contribution in [2.45, 2.75) is 92.1 Å². The van der Waals surface area contributed by atoms with Crippen LogP contribution in [-0.2, 0) is 4.79 Å². The van der Waals surface area contributed by atoms with Crippen molar-refractivity contribution >= 4 is 5.78 Å². The summed E-state index contributed by atoms with van der Waals surface area (Å²) in [6.07, 6.45) is 15.5. The second kappa shape index (κ2) is 9.16. The molecule has 4 aliphatic rings. The van der Waals surface area contributed by atoms with Crippen LogP contribution in [0.5, 0.6) is 0 Å². The van der Waals surface area contributed by atoms with Gasteiger partial charge in [-0.25, -0.2) is 0 Å².